The van der Waals surface area contributed by atoms with Crippen molar-refractivity contribution >= 4 is 17.5 Å². The zero-order chi connectivity index (χ0) is 23.3. The fraction of sp³-hybridized carbons (Fsp3) is 0.440. The Labute approximate surface area is 189 Å². The Balaban J connectivity index is 1.63. The average Bonchev–Trinajstić information content (AvgIpc) is 2.73. The Morgan fingerprint density at radius 1 is 1.09 bits per heavy atom. The van der Waals surface area contributed by atoms with Crippen molar-refractivity contribution < 1.29 is 18.7 Å². The van der Waals surface area contributed by atoms with Gasteiger partial charge in [0, 0.05) is 29.1 Å². The number of para-hydroxylation sites is 1. The molecule has 1 aliphatic heterocycles. The van der Waals surface area contributed by atoms with E-state index in [2.05, 4.69) is 15.5 Å². The molecule has 0 atom stereocenters. The van der Waals surface area contributed by atoms with Crippen LogP contribution in [0.4, 0.5) is 10.1 Å². The minimum absolute atomic E-state index is 0.0358. The van der Waals surface area contributed by atoms with E-state index >= 15 is 0 Å². The Bertz CT molecular complexity index is 946. The number of carbonyl (C=O) groups excluding carboxylic acids is 2. The van der Waals surface area contributed by atoms with E-state index in [0.29, 0.717) is 23.5 Å². The molecule has 32 heavy (non-hydrogen) atoms. The maximum Gasteiger partial charge on any atom is 0.255 e. The average molecular weight is 442 g/mol. The highest BCUT2D eigenvalue weighted by Crippen LogP contribution is 2.31. The van der Waals surface area contributed by atoms with Crippen LogP contribution in [0.1, 0.15) is 49.5 Å². The van der Waals surface area contributed by atoms with Gasteiger partial charge in [-0.3, -0.25) is 14.5 Å². The van der Waals surface area contributed by atoms with E-state index < -0.39 is 0 Å². The van der Waals surface area contributed by atoms with Crippen molar-refractivity contribution in [3.05, 3.63) is 59.4 Å². The van der Waals surface area contributed by atoms with Crippen LogP contribution in [0.5, 0.6) is 5.75 Å². The molecule has 2 amide bonds. The van der Waals surface area contributed by atoms with Gasteiger partial charge in [-0.05, 0) is 77.0 Å². The fourth-order valence-corrected chi connectivity index (χ4v) is 3.91. The van der Waals surface area contributed by atoms with Crippen LogP contribution in [-0.4, -0.2) is 42.5 Å². The van der Waals surface area contributed by atoms with E-state index in [-0.39, 0.29) is 29.1 Å². The van der Waals surface area contributed by atoms with Gasteiger partial charge in [0.05, 0.1) is 12.8 Å². The molecule has 7 heteroatoms. The van der Waals surface area contributed by atoms with Crippen LogP contribution in [-0.2, 0) is 11.3 Å². The number of amides is 2. The van der Waals surface area contributed by atoms with E-state index in [1.165, 1.54) is 24.3 Å². The fourth-order valence-electron chi connectivity index (χ4n) is 3.91. The van der Waals surface area contributed by atoms with Crippen molar-refractivity contribution in [2.45, 2.75) is 45.7 Å². The second-order valence-corrected chi connectivity index (χ2v) is 9.25. The largest absolute Gasteiger partial charge is 0.494 e. The number of anilines is 1. The van der Waals surface area contributed by atoms with Crippen LogP contribution in [0, 0.1) is 11.7 Å². The first-order chi connectivity index (χ1) is 15.2. The number of methoxy groups -OCH3 is 1. The van der Waals surface area contributed by atoms with E-state index in [0.717, 1.165) is 31.5 Å². The number of likely N-dealkylation sites (tertiary alicyclic amines) is 1. The lowest BCUT2D eigenvalue weighted by atomic mass is 9.94. The number of hydrogen-bond acceptors (Lipinski definition) is 4. The van der Waals surface area contributed by atoms with Gasteiger partial charge >= 0.3 is 0 Å². The highest BCUT2D eigenvalue weighted by atomic mass is 19.1. The quantitative estimate of drug-likeness (QED) is 0.704. The van der Waals surface area contributed by atoms with Gasteiger partial charge in [0.2, 0.25) is 5.91 Å². The lowest BCUT2D eigenvalue weighted by Crippen LogP contribution is -2.46. The predicted molar refractivity (Wildman–Crippen MR) is 123 cm³/mol. The van der Waals surface area contributed by atoms with E-state index in [1.807, 2.05) is 32.9 Å². The SMILES string of the molecule is COc1c(CN2CCC(C(=O)NC(C)(C)C)CC2)cccc1NC(=O)c1ccc(F)cc1. The van der Waals surface area contributed by atoms with Crippen LogP contribution in [0.15, 0.2) is 42.5 Å². The molecule has 0 unspecified atom stereocenters. The van der Waals surface area contributed by atoms with Crippen molar-refractivity contribution in [1.82, 2.24) is 10.2 Å². The van der Waals surface area contributed by atoms with E-state index in [1.54, 1.807) is 13.2 Å². The molecule has 0 bridgehead atoms. The molecular formula is C25H32FN3O3. The van der Waals surface area contributed by atoms with Crippen molar-refractivity contribution in [1.29, 1.82) is 0 Å². The van der Waals surface area contributed by atoms with Gasteiger partial charge in [0.1, 0.15) is 11.6 Å². The molecule has 1 fully saturated rings. The van der Waals surface area contributed by atoms with Gasteiger partial charge < -0.3 is 15.4 Å². The summed E-state index contributed by atoms with van der Waals surface area (Å²) in [7, 11) is 1.58. The molecule has 3 rings (SSSR count). The molecule has 2 aromatic rings. The third-order valence-corrected chi connectivity index (χ3v) is 5.51. The summed E-state index contributed by atoms with van der Waals surface area (Å²) in [5, 5.41) is 5.94. The second-order valence-electron chi connectivity index (χ2n) is 9.25. The summed E-state index contributed by atoms with van der Waals surface area (Å²) in [5.74, 6) is 0.0522. The number of hydrogen-bond donors (Lipinski definition) is 2. The molecule has 1 heterocycles. The van der Waals surface area contributed by atoms with Crippen molar-refractivity contribution in [2.24, 2.45) is 5.92 Å². The molecule has 0 spiro atoms. The Kier molecular flexibility index (Phi) is 7.51. The van der Waals surface area contributed by atoms with Gasteiger partial charge in [0.25, 0.3) is 5.91 Å². The van der Waals surface area contributed by atoms with Crippen LogP contribution < -0.4 is 15.4 Å². The third kappa shape index (κ3) is 6.29. The minimum atomic E-state index is -0.388. The molecule has 1 aliphatic rings. The number of nitrogens with one attached hydrogen (secondary N) is 2. The summed E-state index contributed by atoms with van der Waals surface area (Å²) in [6.45, 7) is 8.28. The number of benzene rings is 2. The lowest BCUT2D eigenvalue weighted by molar-refractivity contribution is -0.127. The summed E-state index contributed by atoms with van der Waals surface area (Å²) >= 11 is 0. The summed E-state index contributed by atoms with van der Waals surface area (Å²) in [4.78, 5) is 27.3. The number of rotatable bonds is 6. The van der Waals surface area contributed by atoms with Gasteiger partial charge in [-0.15, -0.1) is 0 Å². The molecule has 0 aliphatic carbocycles. The first-order valence-electron chi connectivity index (χ1n) is 10.9. The van der Waals surface area contributed by atoms with Crippen molar-refractivity contribution in [2.75, 3.05) is 25.5 Å². The summed E-state index contributed by atoms with van der Waals surface area (Å²) in [5.41, 5.74) is 1.68. The summed E-state index contributed by atoms with van der Waals surface area (Å²) < 4.78 is 18.8. The van der Waals surface area contributed by atoms with Crippen LogP contribution >= 0.6 is 0 Å². The molecule has 2 N–H and O–H groups in total. The number of ether oxygens (including phenoxy) is 1. The van der Waals surface area contributed by atoms with E-state index in [9.17, 15) is 14.0 Å². The van der Waals surface area contributed by atoms with Gasteiger partial charge in [-0.1, -0.05) is 12.1 Å². The molecule has 0 saturated carbocycles. The van der Waals surface area contributed by atoms with Crippen molar-refractivity contribution in [3.63, 3.8) is 0 Å². The second kappa shape index (κ2) is 10.1. The Morgan fingerprint density at radius 3 is 2.34 bits per heavy atom. The third-order valence-electron chi connectivity index (χ3n) is 5.51. The summed E-state index contributed by atoms with van der Waals surface area (Å²) in [6.07, 6.45) is 1.62. The normalized spacial score (nSPS) is 15.3. The molecule has 6 nitrogen and oxygen atoms in total. The standard InChI is InChI=1S/C25H32FN3O3/c1-25(2,3)28-24(31)18-12-14-29(15-13-18)16-19-6-5-7-21(22(19)32-4)27-23(30)17-8-10-20(26)11-9-17/h5-11,18H,12-16H2,1-4H3,(H,27,30)(H,28,31). The number of nitrogens with zero attached hydrogens (tertiary/aromatic N) is 1. The van der Waals surface area contributed by atoms with Gasteiger partial charge in [-0.2, -0.15) is 0 Å². The lowest BCUT2D eigenvalue weighted by Gasteiger charge is -2.33. The number of carbonyl (C=O) groups is 2. The first-order valence-corrected chi connectivity index (χ1v) is 10.9. The van der Waals surface area contributed by atoms with E-state index in [4.69, 9.17) is 4.74 Å². The Morgan fingerprint density at radius 2 is 1.75 bits per heavy atom. The molecular weight excluding hydrogens is 409 g/mol. The van der Waals surface area contributed by atoms with Crippen LogP contribution in [0.3, 0.4) is 0 Å². The van der Waals surface area contributed by atoms with Gasteiger partial charge in [-0.25, -0.2) is 4.39 Å². The monoisotopic (exact) mass is 441 g/mol. The Hall–Kier alpha value is -2.93. The van der Waals surface area contributed by atoms with Crippen LogP contribution in [0.25, 0.3) is 0 Å². The maximum absolute atomic E-state index is 13.1. The molecule has 0 radical (unpaired) electrons. The number of halogens is 1. The molecule has 172 valence electrons. The van der Waals surface area contributed by atoms with Crippen LogP contribution in [0.2, 0.25) is 0 Å². The molecule has 2 aromatic carbocycles. The smallest absolute Gasteiger partial charge is 0.255 e. The molecule has 0 aromatic heterocycles. The zero-order valence-corrected chi connectivity index (χ0v) is 19.2. The zero-order valence-electron chi connectivity index (χ0n) is 19.2. The highest BCUT2D eigenvalue weighted by molar-refractivity contribution is 6.05. The highest BCUT2D eigenvalue weighted by Gasteiger charge is 2.27. The number of piperidine rings is 1. The summed E-state index contributed by atoms with van der Waals surface area (Å²) in [6, 6.07) is 11.0. The van der Waals surface area contributed by atoms with Gasteiger partial charge in [0.15, 0.2) is 0 Å². The first kappa shape index (κ1) is 23.7. The topological polar surface area (TPSA) is 70.7 Å². The maximum atomic E-state index is 13.1. The predicted octanol–water partition coefficient (Wildman–Crippen LogP) is 4.21. The molecule has 1 saturated heterocycles. The van der Waals surface area contributed by atoms with Crippen molar-refractivity contribution in [3.8, 4) is 5.75 Å². The minimum Gasteiger partial charge on any atom is -0.494 e.